The van der Waals surface area contributed by atoms with Crippen LogP contribution >= 0.6 is 0 Å². The van der Waals surface area contributed by atoms with Crippen LogP contribution in [-0.2, 0) is 0 Å². The number of nitrogens with zero attached hydrogens (tertiary/aromatic N) is 4. The van der Waals surface area contributed by atoms with Crippen LogP contribution in [0.2, 0.25) is 0 Å². The van der Waals surface area contributed by atoms with E-state index >= 15 is 0 Å². The highest BCUT2D eigenvalue weighted by atomic mass is 16.3. The molecule has 0 fully saturated rings. The molecule has 82 heavy (non-hydrogen) atoms. The Balaban J connectivity index is 0.792. The molecule has 4 aromatic heterocycles. The van der Waals surface area contributed by atoms with Crippen LogP contribution in [0.4, 0.5) is 0 Å². The molecule has 2 atom stereocenters. The quantitative estimate of drug-likeness (QED) is 0.151. The van der Waals surface area contributed by atoms with Crippen LogP contribution in [0.5, 0.6) is 0 Å². The number of fused-ring (bicyclic) bond motifs is 6. The molecule has 18 rings (SSSR count). The van der Waals surface area contributed by atoms with Gasteiger partial charge < -0.3 is 8.83 Å². The van der Waals surface area contributed by atoms with E-state index in [9.17, 15) is 0 Å². The van der Waals surface area contributed by atoms with Gasteiger partial charge in [0.15, 0.2) is 11.6 Å². The summed E-state index contributed by atoms with van der Waals surface area (Å²) in [5.74, 6) is 1.35. The fraction of sp³-hybridized carbons (Fsp3) is 0.0263. The van der Waals surface area contributed by atoms with Gasteiger partial charge in [-0.15, -0.1) is 0 Å². The van der Waals surface area contributed by atoms with Crippen molar-refractivity contribution < 1.29 is 8.83 Å². The molecule has 382 valence electrons. The summed E-state index contributed by atoms with van der Waals surface area (Å²) in [7, 11) is 0. The number of furan rings is 2. The lowest BCUT2D eigenvalue weighted by Gasteiger charge is -2.42. The van der Waals surface area contributed by atoms with Gasteiger partial charge in [-0.2, -0.15) is 0 Å². The topological polar surface area (TPSA) is 77.8 Å². The maximum Gasteiger partial charge on any atom is 0.160 e. The highest BCUT2D eigenvalue weighted by Gasteiger charge is 2.41. The summed E-state index contributed by atoms with van der Waals surface area (Å²) < 4.78 is 13.2. The lowest BCUT2D eigenvalue weighted by Crippen LogP contribution is -2.27. The number of hydrogen-bond donors (Lipinski definition) is 0. The first-order valence-corrected chi connectivity index (χ1v) is 27.9. The van der Waals surface area contributed by atoms with E-state index in [0.717, 1.165) is 122 Å². The average molecular weight is 1050 g/mol. The first kappa shape index (κ1) is 46.1. The highest BCUT2D eigenvalue weighted by molar-refractivity contribution is 6.12. The largest absolute Gasteiger partial charge is 0.455 e. The Morgan fingerprint density at radius 3 is 1.05 bits per heavy atom. The van der Waals surface area contributed by atoms with Gasteiger partial charge in [-0.05, 0) is 80.9 Å². The third-order valence-electron chi connectivity index (χ3n) is 16.9. The van der Waals surface area contributed by atoms with Crippen LogP contribution in [0.25, 0.3) is 134 Å². The highest BCUT2D eigenvalue weighted by Crippen LogP contribution is 2.57. The maximum absolute atomic E-state index is 6.61. The normalized spacial score (nSPS) is 14.1. The predicted molar refractivity (Wildman–Crippen MR) is 330 cm³/mol. The van der Waals surface area contributed by atoms with E-state index in [4.69, 9.17) is 28.8 Å². The van der Waals surface area contributed by atoms with Crippen molar-refractivity contribution in [2.75, 3.05) is 0 Å². The second-order valence-corrected chi connectivity index (χ2v) is 21.5. The first-order chi connectivity index (χ1) is 40.6. The van der Waals surface area contributed by atoms with Crippen LogP contribution in [0.15, 0.2) is 276 Å². The third kappa shape index (κ3) is 7.28. The third-order valence-corrected chi connectivity index (χ3v) is 16.9. The lowest BCUT2D eigenvalue weighted by atomic mass is 9.60. The molecule has 0 amide bonds. The van der Waals surface area contributed by atoms with Crippen LogP contribution in [-0.4, -0.2) is 19.9 Å². The van der Waals surface area contributed by atoms with Gasteiger partial charge in [-0.1, -0.05) is 231 Å². The van der Waals surface area contributed by atoms with Crippen molar-refractivity contribution in [2.24, 2.45) is 0 Å². The SMILES string of the molecule is c1ccc(-c2nc(-c3ccc4c(c3)C3c5ccccc5C4c4cc(-c5cc(-c6ccccc6-c6cccc7c6oc6ccccc67)nc(-c6ccccc6)n5)ccc43)cc(-c3ccccc3-c3cccc4c3oc3ccccc34)n2)cc1. The van der Waals surface area contributed by atoms with Gasteiger partial charge in [0.2, 0.25) is 0 Å². The van der Waals surface area contributed by atoms with Crippen LogP contribution in [0.3, 0.4) is 0 Å². The van der Waals surface area contributed by atoms with E-state index in [1.165, 1.54) is 33.4 Å². The Hall–Kier alpha value is -10.8. The maximum atomic E-state index is 6.61. The van der Waals surface area contributed by atoms with Gasteiger partial charge in [0.25, 0.3) is 0 Å². The summed E-state index contributed by atoms with van der Waals surface area (Å²) >= 11 is 0. The molecule has 3 aliphatic rings. The van der Waals surface area contributed by atoms with Crippen LogP contribution in [0.1, 0.15) is 45.2 Å². The van der Waals surface area contributed by atoms with E-state index < -0.39 is 0 Å². The van der Waals surface area contributed by atoms with Crippen LogP contribution in [0, 0.1) is 0 Å². The van der Waals surface area contributed by atoms with Crippen molar-refractivity contribution >= 4 is 43.9 Å². The van der Waals surface area contributed by atoms with E-state index in [1.54, 1.807) is 0 Å². The smallest absolute Gasteiger partial charge is 0.160 e. The van der Waals surface area contributed by atoms with E-state index in [2.05, 4.69) is 206 Å². The van der Waals surface area contributed by atoms with E-state index in [-0.39, 0.29) is 11.8 Å². The molecule has 0 saturated carbocycles. The van der Waals surface area contributed by atoms with Gasteiger partial charge in [0.05, 0.1) is 22.8 Å². The van der Waals surface area contributed by atoms with Crippen molar-refractivity contribution in [3.63, 3.8) is 0 Å². The van der Waals surface area contributed by atoms with Crippen molar-refractivity contribution in [3.05, 3.63) is 300 Å². The zero-order valence-electron chi connectivity index (χ0n) is 44.2. The molecule has 2 bridgehead atoms. The molecule has 2 unspecified atom stereocenters. The Kier molecular flexibility index (Phi) is 10.3. The van der Waals surface area contributed by atoms with Gasteiger partial charge >= 0.3 is 0 Å². The standard InChI is InChI=1S/C76H46N4O2/c1-3-19-45(20-4-1)75-77-65(43-67(79-75)51-25-9-7-23-49(51)59-31-17-33-61-53-27-13-15-35-69(53)81-73(59)61)47-37-39-57-63(41-47)71-55-29-11-12-30-56(55)72(57)64-42-48(38-40-58(64)71)66-44-68(80-76(78-66)46-21-5-2-6-22-46)52-26-10-8-24-50(52)60-32-18-34-62-54-28-14-16-36-70(54)82-74(60)62/h1-44,71-72H. The fourth-order valence-electron chi connectivity index (χ4n) is 13.2. The molecule has 0 saturated heterocycles. The minimum absolute atomic E-state index is 0.00815. The van der Waals surface area contributed by atoms with Gasteiger partial charge in [-0.3, -0.25) is 0 Å². The molecule has 6 heteroatoms. The second kappa shape index (κ2) is 18.4. The Bertz CT molecular complexity index is 4760. The fourth-order valence-corrected chi connectivity index (χ4v) is 13.2. The average Bonchev–Trinajstić information content (AvgIpc) is 3.99. The number of aromatic nitrogens is 4. The Morgan fingerprint density at radius 1 is 0.232 bits per heavy atom. The van der Waals surface area contributed by atoms with Gasteiger partial charge in [-0.25, -0.2) is 19.9 Å². The summed E-state index contributed by atoms with van der Waals surface area (Å²) in [6, 6.07) is 94.4. The molecular weight excluding hydrogens is 1000 g/mol. The van der Waals surface area contributed by atoms with E-state index in [0.29, 0.717) is 11.6 Å². The molecule has 3 aliphatic carbocycles. The van der Waals surface area contributed by atoms with E-state index in [1.807, 2.05) is 60.7 Å². The Labute approximate surface area is 472 Å². The zero-order valence-corrected chi connectivity index (χ0v) is 44.2. The first-order valence-electron chi connectivity index (χ1n) is 27.9. The molecule has 0 spiro atoms. The van der Waals surface area contributed by atoms with Crippen molar-refractivity contribution in [1.82, 2.24) is 19.9 Å². The summed E-state index contributed by atoms with van der Waals surface area (Å²) in [6.45, 7) is 0. The monoisotopic (exact) mass is 1050 g/mol. The van der Waals surface area contributed by atoms with Crippen molar-refractivity contribution in [1.29, 1.82) is 0 Å². The summed E-state index contributed by atoms with van der Waals surface area (Å²) in [5.41, 5.74) is 24.9. The minimum Gasteiger partial charge on any atom is -0.455 e. The number of hydrogen-bond acceptors (Lipinski definition) is 6. The number of benzene rings is 11. The summed E-state index contributed by atoms with van der Waals surface area (Å²) in [4.78, 5) is 21.5. The molecule has 4 heterocycles. The molecule has 15 aromatic rings. The van der Waals surface area contributed by atoms with Crippen molar-refractivity contribution in [3.8, 4) is 90.1 Å². The number of rotatable bonds is 8. The molecule has 11 aromatic carbocycles. The lowest BCUT2D eigenvalue weighted by molar-refractivity contribution is 0.669. The Morgan fingerprint density at radius 2 is 0.585 bits per heavy atom. The zero-order chi connectivity index (χ0) is 53.8. The van der Waals surface area contributed by atoms with Gasteiger partial charge in [0, 0.05) is 77.9 Å². The van der Waals surface area contributed by atoms with Crippen LogP contribution < -0.4 is 0 Å². The minimum atomic E-state index is 0.00815. The summed E-state index contributed by atoms with van der Waals surface area (Å²) in [6.07, 6.45) is 0. The number of para-hydroxylation sites is 4. The molecule has 0 N–H and O–H groups in total. The summed E-state index contributed by atoms with van der Waals surface area (Å²) in [5, 5.41) is 4.38. The second-order valence-electron chi connectivity index (χ2n) is 21.5. The molecule has 0 aliphatic heterocycles. The molecule has 0 radical (unpaired) electrons. The van der Waals surface area contributed by atoms with Gasteiger partial charge in [0.1, 0.15) is 22.3 Å². The van der Waals surface area contributed by atoms with Crippen molar-refractivity contribution in [2.45, 2.75) is 11.8 Å². The predicted octanol–water partition coefficient (Wildman–Crippen LogP) is 19.4. The molecular formula is C76H46N4O2. The molecule has 6 nitrogen and oxygen atoms in total.